The molecule has 0 spiro atoms. The lowest BCUT2D eigenvalue weighted by molar-refractivity contribution is -0.124. The van der Waals surface area contributed by atoms with Gasteiger partial charge in [-0.2, -0.15) is 0 Å². The average molecular weight is 462 g/mol. The molecule has 32 heavy (non-hydrogen) atoms. The van der Waals surface area contributed by atoms with Crippen LogP contribution in [0.3, 0.4) is 0 Å². The minimum absolute atomic E-state index is 0.0411. The lowest BCUT2D eigenvalue weighted by Gasteiger charge is -2.34. The lowest BCUT2D eigenvalue weighted by atomic mass is 10.0. The topological polar surface area (TPSA) is 117 Å². The van der Waals surface area contributed by atoms with Crippen molar-refractivity contribution in [3.63, 3.8) is 0 Å². The highest BCUT2D eigenvalue weighted by Crippen LogP contribution is 2.30. The van der Waals surface area contributed by atoms with Gasteiger partial charge >= 0.3 is 0 Å². The molecular weight excluding hydrogens is 434 g/mol. The molecular formula is C22H27N3O6S. The van der Waals surface area contributed by atoms with E-state index in [1.807, 2.05) is 24.3 Å². The summed E-state index contributed by atoms with van der Waals surface area (Å²) < 4.78 is 39.2. The van der Waals surface area contributed by atoms with Crippen LogP contribution in [0, 0.1) is 0 Å². The fraction of sp³-hybridized carbons (Fsp3) is 0.318. The minimum atomic E-state index is -3.80. The molecule has 0 radical (unpaired) electrons. The second-order valence-electron chi connectivity index (χ2n) is 7.27. The Morgan fingerprint density at radius 1 is 1.12 bits per heavy atom. The summed E-state index contributed by atoms with van der Waals surface area (Å²) in [6.07, 6.45) is 4.10. The minimum Gasteiger partial charge on any atom is -0.497 e. The quantitative estimate of drug-likeness (QED) is 0.313. The standard InChI is InChI=1S/C22H27N3O6S/c1-30-18-8-9-20(31-2)21(15-18)32(28,29)24-17-11-13-25(14-12-17)19-6-4-3-5-16(19)7-10-22(26)23-27/h3-10,15,17,24,27H,11-14H2,1-2H3,(H,23,26). The van der Waals surface area contributed by atoms with Crippen LogP contribution < -0.4 is 24.6 Å². The fourth-order valence-corrected chi connectivity index (χ4v) is 5.12. The molecule has 1 saturated heterocycles. The summed E-state index contributed by atoms with van der Waals surface area (Å²) in [6.45, 7) is 1.28. The van der Waals surface area contributed by atoms with Gasteiger partial charge in [0.05, 0.1) is 14.2 Å². The van der Waals surface area contributed by atoms with Gasteiger partial charge in [-0.25, -0.2) is 18.6 Å². The van der Waals surface area contributed by atoms with Crippen molar-refractivity contribution in [2.24, 2.45) is 0 Å². The van der Waals surface area contributed by atoms with E-state index in [1.165, 1.54) is 26.4 Å². The summed E-state index contributed by atoms with van der Waals surface area (Å²) in [7, 11) is -0.897. The summed E-state index contributed by atoms with van der Waals surface area (Å²) >= 11 is 0. The second-order valence-corrected chi connectivity index (χ2v) is 8.95. The van der Waals surface area contributed by atoms with E-state index in [9.17, 15) is 13.2 Å². The average Bonchev–Trinajstić information content (AvgIpc) is 2.82. The monoisotopic (exact) mass is 461 g/mol. The number of nitrogens with one attached hydrogen (secondary N) is 2. The number of sulfonamides is 1. The molecule has 1 heterocycles. The van der Waals surface area contributed by atoms with Crippen LogP contribution in [0.1, 0.15) is 18.4 Å². The van der Waals surface area contributed by atoms with Crippen molar-refractivity contribution < 1.29 is 27.9 Å². The smallest absolute Gasteiger partial charge is 0.267 e. The summed E-state index contributed by atoms with van der Waals surface area (Å²) in [5, 5.41) is 8.67. The Balaban J connectivity index is 1.70. The van der Waals surface area contributed by atoms with E-state index in [-0.39, 0.29) is 16.7 Å². The SMILES string of the molecule is COc1ccc(OC)c(S(=O)(=O)NC2CCN(c3ccccc3C=CC(=O)NO)CC2)c1. The van der Waals surface area contributed by atoms with Crippen LogP contribution in [-0.4, -0.2) is 52.9 Å². The van der Waals surface area contributed by atoms with Crippen LogP contribution in [0.4, 0.5) is 5.69 Å². The predicted molar refractivity (Wildman–Crippen MR) is 121 cm³/mol. The predicted octanol–water partition coefficient (Wildman–Crippen LogP) is 2.17. The number of carbonyl (C=O) groups is 1. The van der Waals surface area contributed by atoms with E-state index in [4.69, 9.17) is 14.7 Å². The number of anilines is 1. The fourth-order valence-electron chi connectivity index (χ4n) is 3.63. The molecule has 1 aliphatic heterocycles. The first-order valence-corrected chi connectivity index (χ1v) is 11.6. The number of hydroxylamine groups is 1. The van der Waals surface area contributed by atoms with Crippen molar-refractivity contribution in [3.05, 3.63) is 54.1 Å². The molecule has 0 bridgehead atoms. The Kier molecular flexibility index (Phi) is 7.73. The summed E-state index contributed by atoms with van der Waals surface area (Å²) in [5.74, 6) is 0.0739. The number of para-hydroxylation sites is 1. The molecule has 3 rings (SSSR count). The van der Waals surface area contributed by atoms with Crippen molar-refractivity contribution in [2.75, 3.05) is 32.2 Å². The number of amides is 1. The molecule has 1 amide bonds. The third-order valence-corrected chi connectivity index (χ3v) is 6.82. The summed E-state index contributed by atoms with van der Waals surface area (Å²) in [6, 6.07) is 12.0. The number of ether oxygens (including phenoxy) is 2. The Morgan fingerprint density at radius 3 is 2.50 bits per heavy atom. The van der Waals surface area contributed by atoms with Crippen LogP contribution in [0.2, 0.25) is 0 Å². The number of nitrogens with zero attached hydrogens (tertiary/aromatic N) is 1. The summed E-state index contributed by atoms with van der Waals surface area (Å²) in [4.78, 5) is 13.5. The maximum atomic E-state index is 13.0. The van der Waals surface area contributed by atoms with Gasteiger partial charge < -0.3 is 14.4 Å². The van der Waals surface area contributed by atoms with Gasteiger partial charge in [-0.15, -0.1) is 0 Å². The Hall–Kier alpha value is -3.08. The van der Waals surface area contributed by atoms with Crippen molar-refractivity contribution in [2.45, 2.75) is 23.8 Å². The Morgan fingerprint density at radius 2 is 1.84 bits per heavy atom. The zero-order chi connectivity index (χ0) is 23.1. The molecule has 3 N–H and O–H groups in total. The van der Waals surface area contributed by atoms with Crippen LogP contribution in [0.15, 0.2) is 53.4 Å². The van der Waals surface area contributed by atoms with E-state index in [2.05, 4.69) is 9.62 Å². The molecule has 172 valence electrons. The van der Waals surface area contributed by atoms with E-state index in [1.54, 1.807) is 23.7 Å². The van der Waals surface area contributed by atoms with E-state index >= 15 is 0 Å². The van der Waals surface area contributed by atoms with Gasteiger partial charge in [0.25, 0.3) is 5.91 Å². The number of carbonyl (C=O) groups excluding carboxylic acids is 1. The largest absolute Gasteiger partial charge is 0.497 e. The molecule has 1 fully saturated rings. The van der Waals surface area contributed by atoms with Gasteiger partial charge in [0.15, 0.2) is 0 Å². The number of rotatable bonds is 8. The second kappa shape index (κ2) is 10.5. The van der Waals surface area contributed by atoms with Crippen molar-refractivity contribution >= 4 is 27.7 Å². The van der Waals surface area contributed by atoms with Crippen molar-refractivity contribution in [3.8, 4) is 11.5 Å². The van der Waals surface area contributed by atoms with Crippen LogP contribution in [-0.2, 0) is 14.8 Å². The lowest BCUT2D eigenvalue weighted by Crippen LogP contribution is -2.44. The molecule has 0 aliphatic carbocycles. The summed E-state index contributed by atoms with van der Waals surface area (Å²) in [5.41, 5.74) is 3.33. The molecule has 1 aliphatic rings. The normalized spacial score (nSPS) is 15.0. The molecule has 0 atom stereocenters. The van der Waals surface area contributed by atoms with Crippen LogP contribution >= 0.6 is 0 Å². The number of methoxy groups -OCH3 is 2. The first kappa shape index (κ1) is 23.6. The number of piperidine rings is 1. The third-order valence-electron chi connectivity index (χ3n) is 5.28. The highest BCUT2D eigenvalue weighted by molar-refractivity contribution is 7.89. The zero-order valence-electron chi connectivity index (χ0n) is 17.9. The molecule has 9 nitrogen and oxygen atoms in total. The molecule has 0 aromatic heterocycles. The van der Waals surface area contributed by atoms with Gasteiger partial charge in [0.1, 0.15) is 16.4 Å². The van der Waals surface area contributed by atoms with Crippen LogP contribution in [0.5, 0.6) is 11.5 Å². The Labute approximate surface area is 187 Å². The highest BCUT2D eigenvalue weighted by atomic mass is 32.2. The number of hydrogen-bond acceptors (Lipinski definition) is 7. The van der Waals surface area contributed by atoms with Crippen molar-refractivity contribution in [1.82, 2.24) is 10.2 Å². The van der Waals surface area contributed by atoms with Gasteiger partial charge in [-0.1, -0.05) is 18.2 Å². The van der Waals surface area contributed by atoms with Gasteiger partial charge in [0, 0.05) is 37.0 Å². The first-order chi connectivity index (χ1) is 15.4. The molecule has 2 aromatic rings. The zero-order valence-corrected chi connectivity index (χ0v) is 18.8. The molecule has 10 heteroatoms. The van der Waals surface area contributed by atoms with Gasteiger partial charge in [-0.05, 0) is 42.7 Å². The molecule has 0 saturated carbocycles. The van der Waals surface area contributed by atoms with Crippen LogP contribution in [0.25, 0.3) is 6.08 Å². The van der Waals surface area contributed by atoms with E-state index in [0.717, 1.165) is 11.3 Å². The third kappa shape index (κ3) is 5.58. The maximum absolute atomic E-state index is 13.0. The highest BCUT2D eigenvalue weighted by Gasteiger charge is 2.27. The first-order valence-electron chi connectivity index (χ1n) is 10.1. The van der Waals surface area contributed by atoms with Gasteiger partial charge in [-0.3, -0.25) is 10.0 Å². The maximum Gasteiger partial charge on any atom is 0.267 e. The molecule has 2 aromatic carbocycles. The van der Waals surface area contributed by atoms with Crippen molar-refractivity contribution in [1.29, 1.82) is 0 Å². The number of hydrogen-bond donors (Lipinski definition) is 3. The van der Waals surface area contributed by atoms with Gasteiger partial charge in [0.2, 0.25) is 10.0 Å². The van der Waals surface area contributed by atoms with E-state index < -0.39 is 15.9 Å². The number of benzene rings is 2. The van der Waals surface area contributed by atoms with E-state index in [0.29, 0.717) is 31.7 Å². The Bertz CT molecular complexity index is 1080. The molecule has 0 unspecified atom stereocenters.